The lowest BCUT2D eigenvalue weighted by molar-refractivity contribution is -0.140. The predicted molar refractivity (Wildman–Crippen MR) is 160 cm³/mol. The Kier molecular flexibility index (Phi) is 10.9. The number of carbonyl (C=O) groups is 2. The molecule has 0 saturated carbocycles. The monoisotopic (exact) mass is 564 g/mol. The van der Waals surface area contributed by atoms with Crippen LogP contribution in [0.5, 0.6) is 0 Å². The van der Waals surface area contributed by atoms with Crippen molar-refractivity contribution < 1.29 is 18.0 Å². The highest BCUT2D eigenvalue weighted by atomic mass is 32.2. The molecule has 0 spiro atoms. The zero-order chi connectivity index (χ0) is 29.3. The van der Waals surface area contributed by atoms with Crippen LogP contribution in [0.25, 0.3) is 0 Å². The molecule has 2 amide bonds. The van der Waals surface area contributed by atoms with E-state index < -0.39 is 28.7 Å². The third-order valence-corrected chi connectivity index (χ3v) is 8.59. The van der Waals surface area contributed by atoms with Crippen molar-refractivity contribution in [2.45, 2.75) is 52.2 Å². The Balaban J connectivity index is 2.08. The molecule has 0 unspecified atom stereocenters. The highest BCUT2D eigenvalue weighted by Crippen LogP contribution is 2.22. The van der Waals surface area contributed by atoms with Gasteiger partial charge in [-0.25, -0.2) is 4.31 Å². The summed E-state index contributed by atoms with van der Waals surface area (Å²) < 4.78 is 28.9. The standard InChI is InChI=1S/C31H40N4O4S/c1-6-25(3)32-31(37)29(21-26-15-9-7-10-16-26)34(22-27-17-13-14-24(2)20-27)30(36)23-35(40(38,39)33(4)5)28-18-11-8-12-19-28/h7-20,25,29H,6,21-23H2,1-5H3,(H,32,37)/t25-,29+/m1/s1. The average Bonchev–Trinajstić information content (AvgIpc) is 2.94. The second-order valence-electron chi connectivity index (χ2n) is 10.2. The van der Waals surface area contributed by atoms with Crippen LogP contribution < -0.4 is 9.62 Å². The van der Waals surface area contributed by atoms with Crippen LogP contribution in [0.1, 0.15) is 37.0 Å². The molecule has 3 aromatic rings. The smallest absolute Gasteiger partial charge is 0.304 e. The fraction of sp³-hybridized carbons (Fsp3) is 0.355. The Morgan fingerprint density at radius 3 is 2.05 bits per heavy atom. The maximum Gasteiger partial charge on any atom is 0.304 e. The van der Waals surface area contributed by atoms with Crippen molar-refractivity contribution in [2.24, 2.45) is 0 Å². The fourth-order valence-corrected chi connectivity index (χ4v) is 5.37. The van der Waals surface area contributed by atoms with Gasteiger partial charge in [-0.05, 0) is 43.5 Å². The Morgan fingerprint density at radius 2 is 1.48 bits per heavy atom. The van der Waals surface area contributed by atoms with E-state index in [2.05, 4.69) is 5.32 Å². The Bertz CT molecular complexity index is 1360. The lowest BCUT2D eigenvalue weighted by Crippen LogP contribution is -2.55. The first-order valence-electron chi connectivity index (χ1n) is 13.5. The van der Waals surface area contributed by atoms with E-state index in [-0.39, 0.29) is 24.9 Å². The van der Waals surface area contributed by atoms with Crippen LogP contribution in [-0.2, 0) is 32.8 Å². The summed E-state index contributed by atoms with van der Waals surface area (Å²) >= 11 is 0. The first-order valence-corrected chi connectivity index (χ1v) is 14.9. The van der Waals surface area contributed by atoms with Crippen molar-refractivity contribution in [1.82, 2.24) is 14.5 Å². The maximum atomic E-state index is 14.2. The van der Waals surface area contributed by atoms with Crippen LogP contribution in [0, 0.1) is 6.92 Å². The molecule has 0 saturated heterocycles. The highest BCUT2D eigenvalue weighted by molar-refractivity contribution is 7.90. The number of hydrogen-bond acceptors (Lipinski definition) is 4. The van der Waals surface area contributed by atoms with E-state index in [4.69, 9.17) is 0 Å². The third-order valence-electron chi connectivity index (χ3n) is 6.77. The minimum Gasteiger partial charge on any atom is -0.352 e. The first kappa shape index (κ1) is 30.8. The molecule has 0 radical (unpaired) electrons. The zero-order valence-electron chi connectivity index (χ0n) is 23.9. The summed E-state index contributed by atoms with van der Waals surface area (Å²) in [6, 6.07) is 24.9. The third kappa shape index (κ3) is 8.16. The van der Waals surface area contributed by atoms with Crippen molar-refractivity contribution in [1.29, 1.82) is 0 Å². The second-order valence-corrected chi connectivity index (χ2v) is 12.2. The van der Waals surface area contributed by atoms with Crippen molar-refractivity contribution >= 4 is 27.7 Å². The van der Waals surface area contributed by atoms with Gasteiger partial charge in [-0.3, -0.25) is 9.59 Å². The predicted octanol–water partition coefficient (Wildman–Crippen LogP) is 4.16. The number of para-hydroxylation sites is 1. The molecule has 0 fully saturated rings. The van der Waals surface area contributed by atoms with E-state index in [9.17, 15) is 18.0 Å². The molecule has 8 nitrogen and oxygen atoms in total. The van der Waals surface area contributed by atoms with Crippen LogP contribution in [0.4, 0.5) is 5.69 Å². The zero-order valence-corrected chi connectivity index (χ0v) is 24.8. The number of hydrogen-bond donors (Lipinski definition) is 1. The topological polar surface area (TPSA) is 90.0 Å². The second kappa shape index (κ2) is 14.1. The number of nitrogens with zero attached hydrogens (tertiary/aromatic N) is 3. The SMILES string of the molecule is CC[C@@H](C)NC(=O)[C@H](Cc1ccccc1)N(Cc1cccc(C)c1)C(=O)CN(c1ccccc1)S(=O)(=O)N(C)C. The molecule has 0 bridgehead atoms. The van der Waals surface area contributed by atoms with Gasteiger partial charge < -0.3 is 10.2 Å². The number of aryl methyl sites for hydroxylation is 1. The lowest BCUT2D eigenvalue weighted by atomic mass is 10.0. The first-order chi connectivity index (χ1) is 19.0. The Morgan fingerprint density at radius 1 is 0.875 bits per heavy atom. The van der Waals surface area contributed by atoms with Gasteiger partial charge in [-0.1, -0.05) is 85.3 Å². The van der Waals surface area contributed by atoms with Crippen molar-refractivity contribution in [3.05, 3.63) is 102 Å². The molecule has 1 N–H and O–H groups in total. The highest BCUT2D eigenvalue weighted by Gasteiger charge is 2.35. The molecular formula is C31H40N4O4S. The van der Waals surface area contributed by atoms with Crippen LogP contribution >= 0.6 is 0 Å². The number of rotatable bonds is 13. The number of nitrogens with one attached hydrogen (secondary N) is 1. The van der Waals surface area contributed by atoms with E-state index in [1.807, 2.05) is 75.4 Å². The van der Waals surface area contributed by atoms with E-state index in [0.717, 1.165) is 31.7 Å². The molecule has 0 aliphatic heterocycles. The minimum atomic E-state index is -4.01. The van der Waals surface area contributed by atoms with Crippen LogP contribution in [-0.4, -0.2) is 62.2 Å². The summed E-state index contributed by atoms with van der Waals surface area (Å²) in [5.41, 5.74) is 3.14. The molecular weight excluding hydrogens is 524 g/mol. The van der Waals surface area contributed by atoms with E-state index >= 15 is 0 Å². The summed E-state index contributed by atoms with van der Waals surface area (Å²) in [4.78, 5) is 29.4. The normalized spacial score (nSPS) is 12.9. The molecule has 214 valence electrons. The number of amides is 2. The number of anilines is 1. The van der Waals surface area contributed by atoms with Crippen molar-refractivity contribution in [3.63, 3.8) is 0 Å². The average molecular weight is 565 g/mol. The van der Waals surface area contributed by atoms with E-state index in [0.29, 0.717) is 5.69 Å². The largest absolute Gasteiger partial charge is 0.352 e. The van der Waals surface area contributed by atoms with E-state index in [1.165, 1.54) is 19.0 Å². The Labute approximate surface area is 238 Å². The molecule has 9 heteroatoms. The van der Waals surface area contributed by atoms with Gasteiger partial charge in [0.25, 0.3) is 0 Å². The Hall–Kier alpha value is -3.69. The molecule has 2 atom stereocenters. The van der Waals surface area contributed by atoms with E-state index in [1.54, 1.807) is 30.3 Å². The fourth-order valence-electron chi connectivity index (χ4n) is 4.31. The van der Waals surface area contributed by atoms with Gasteiger partial charge in [0.05, 0.1) is 5.69 Å². The summed E-state index contributed by atoms with van der Waals surface area (Å²) in [7, 11) is -1.15. The van der Waals surface area contributed by atoms with Gasteiger partial charge in [0.2, 0.25) is 11.8 Å². The molecule has 0 aliphatic carbocycles. The van der Waals surface area contributed by atoms with Gasteiger partial charge in [-0.2, -0.15) is 12.7 Å². The quantitative estimate of drug-likeness (QED) is 0.338. The van der Waals surface area contributed by atoms with Crippen LogP contribution in [0.2, 0.25) is 0 Å². The molecule has 40 heavy (non-hydrogen) atoms. The molecule has 3 rings (SSSR count). The summed E-state index contributed by atoms with van der Waals surface area (Å²) in [5.74, 6) is -0.753. The van der Waals surface area contributed by atoms with Crippen molar-refractivity contribution in [3.8, 4) is 0 Å². The van der Waals surface area contributed by atoms with Gasteiger partial charge in [0, 0.05) is 33.1 Å². The molecule has 0 aromatic heterocycles. The van der Waals surface area contributed by atoms with Crippen molar-refractivity contribution in [2.75, 3.05) is 24.9 Å². The minimum absolute atomic E-state index is 0.0865. The van der Waals surface area contributed by atoms with Gasteiger partial charge >= 0.3 is 10.2 Å². The number of benzene rings is 3. The van der Waals surface area contributed by atoms with Gasteiger partial charge in [0.1, 0.15) is 12.6 Å². The number of carbonyl (C=O) groups excluding carboxylic acids is 2. The summed E-state index contributed by atoms with van der Waals surface area (Å²) in [6.07, 6.45) is 1.02. The lowest BCUT2D eigenvalue weighted by Gasteiger charge is -2.35. The molecule has 0 aliphatic rings. The van der Waals surface area contributed by atoms with Crippen LogP contribution in [0.3, 0.4) is 0 Å². The van der Waals surface area contributed by atoms with Gasteiger partial charge in [0.15, 0.2) is 0 Å². The summed E-state index contributed by atoms with van der Waals surface area (Å²) in [6.45, 7) is 5.56. The molecule has 0 heterocycles. The summed E-state index contributed by atoms with van der Waals surface area (Å²) in [5, 5.41) is 3.04. The van der Waals surface area contributed by atoms with Gasteiger partial charge in [-0.15, -0.1) is 0 Å². The molecule has 3 aromatic carbocycles. The van der Waals surface area contributed by atoms with Crippen LogP contribution in [0.15, 0.2) is 84.9 Å². The maximum absolute atomic E-state index is 14.2.